The summed E-state index contributed by atoms with van der Waals surface area (Å²) in [6.45, 7) is 1.20. The summed E-state index contributed by atoms with van der Waals surface area (Å²) < 4.78 is 0. The van der Waals surface area contributed by atoms with Gasteiger partial charge in [0.05, 0.1) is 6.10 Å². The lowest BCUT2D eigenvalue weighted by Crippen LogP contribution is -2.44. The number of aliphatic hydroxyl groups is 1. The molecule has 0 spiro atoms. The number of benzene rings is 1. The molecule has 2 nitrogen and oxygen atoms in total. The molecule has 1 saturated carbocycles. The highest BCUT2D eigenvalue weighted by Crippen LogP contribution is 2.42. The first-order valence-electron chi connectivity index (χ1n) is 7.86. The molecule has 4 atom stereocenters. The summed E-state index contributed by atoms with van der Waals surface area (Å²) in [5, 5.41) is 10.7. The van der Waals surface area contributed by atoms with Gasteiger partial charge in [-0.2, -0.15) is 0 Å². The van der Waals surface area contributed by atoms with Crippen LogP contribution in [0, 0.1) is 5.92 Å². The van der Waals surface area contributed by atoms with Gasteiger partial charge in [0.15, 0.2) is 0 Å². The largest absolute Gasteiger partial charge is 0.387 e. The van der Waals surface area contributed by atoms with E-state index in [1.165, 1.54) is 49.8 Å². The van der Waals surface area contributed by atoms with E-state index in [0.29, 0.717) is 6.04 Å². The van der Waals surface area contributed by atoms with E-state index in [2.05, 4.69) is 29.2 Å². The van der Waals surface area contributed by atoms with Crippen LogP contribution in [0.25, 0.3) is 0 Å². The molecule has 4 rings (SSSR count). The highest BCUT2D eigenvalue weighted by atomic mass is 16.3. The van der Waals surface area contributed by atoms with Gasteiger partial charge in [0.1, 0.15) is 0 Å². The minimum atomic E-state index is -0.267. The molecule has 0 aromatic heterocycles. The lowest BCUT2D eigenvalue weighted by molar-refractivity contribution is 0.0389. The van der Waals surface area contributed by atoms with Gasteiger partial charge in [0, 0.05) is 12.1 Å². The summed E-state index contributed by atoms with van der Waals surface area (Å²) in [5.74, 6) is 0.907. The molecule has 1 N–H and O–H groups in total. The van der Waals surface area contributed by atoms with E-state index >= 15 is 0 Å². The van der Waals surface area contributed by atoms with Crippen LogP contribution in [-0.4, -0.2) is 28.6 Å². The van der Waals surface area contributed by atoms with E-state index in [9.17, 15) is 5.11 Å². The molecule has 2 fully saturated rings. The standard InChI is InChI=1S/C17H23NO/c19-17-14-7-3-1-6-13(14)11-16(17)18-10-9-12-5-2-4-8-15(12)18/h1,3,6-7,12,15-17,19H,2,4-5,8-11H2. The molecular weight excluding hydrogens is 234 g/mol. The predicted octanol–water partition coefficient (Wildman–Crippen LogP) is 2.91. The Balaban J connectivity index is 1.58. The maximum atomic E-state index is 10.7. The number of nitrogens with zero attached hydrogens (tertiary/aromatic N) is 1. The van der Waals surface area contributed by atoms with E-state index in [1.54, 1.807) is 0 Å². The second-order valence-corrected chi connectivity index (χ2v) is 6.55. The van der Waals surface area contributed by atoms with Gasteiger partial charge in [0.2, 0.25) is 0 Å². The SMILES string of the molecule is OC1c2ccccc2CC1N1CCC2CCCCC21. The summed E-state index contributed by atoms with van der Waals surface area (Å²) in [4.78, 5) is 2.65. The van der Waals surface area contributed by atoms with E-state index in [0.717, 1.165) is 18.4 Å². The van der Waals surface area contributed by atoms with Crippen molar-refractivity contribution in [3.8, 4) is 0 Å². The van der Waals surface area contributed by atoms with Crippen LogP contribution in [0.3, 0.4) is 0 Å². The Morgan fingerprint density at radius 3 is 2.74 bits per heavy atom. The summed E-state index contributed by atoms with van der Waals surface area (Å²) in [7, 11) is 0. The fourth-order valence-electron chi connectivity index (χ4n) is 4.71. The normalized spacial score (nSPS) is 38.2. The van der Waals surface area contributed by atoms with Crippen molar-refractivity contribution in [2.45, 2.75) is 56.7 Å². The fraction of sp³-hybridized carbons (Fsp3) is 0.647. The lowest BCUT2D eigenvalue weighted by atomic mass is 9.85. The third-order valence-electron chi connectivity index (χ3n) is 5.65. The third-order valence-corrected chi connectivity index (χ3v) is 5.65. The first-order valence-corrected chi connectivity index (χ1v) is 7.86. The molecule has 1 aromatic carbocycles. The Bertz CT molecular complexity index is 472. The first-order chi connectivity index (χ1) is 9.34. The van der Waals surface area contributed by atoms with E-state index in [4.69, 9.17) is 0 Å². The predicted molar refractivity (Wildman–Crippen MR) is 76.0 cm³/mol. The van der Waals surface area contributed by atoms with E-state index in [1.807, 2.05) is 0 Å². The van der Waals surface area contributed by atoms with Crippen LogP contribution in [-0.2, 0) is 6.42 Å². The van der Waals surface area contributed by atoms with Gasteiger partial charge in [-0.05, 0) is 49.3 Å². The van der Waals surface area contributed by atoms with Crippen LogP contribution < -0.4 is 0 Å². The van der Waals surface area contributed by atoms with Crippen molar-refractivity contribution in [2.75, 3.05) is 6.54 Å². The summed E-state index contributed by atoms with van der Waals surface area (Å²) in [6, 6.07) is 9.54. The average Bonchev–Trinajstić information content (AvgIpc) is 3.01. The Kier molecular flexibility index (Phi) is 2.89. The number of hydrogen-bond donors (Lipinski definition) is 1. The highest BCUT2D eigenvalue weighted by Gasteiger charge is 2.43. The minimum absolute atomic E-state index is 0.267. The topological polar surface area (TPSA) is 23.5 Å². The van der Waals surface area contributed by atoms with Crippen molar-refractivity contribution in [3.05, 3.63) is 35.4 Å². The molecule has 19 heavy (non-hydrogen) atoms. The van der Waals surface area contributed by atoms with Gasteiger partial charge in [-0.3, -0.25) is 4.90 Å². The van der Waals surface area contributed by atoms with Crippen LogP contribution in [0.5, 0.6) is 0 Å². The molecule has 1 aromatic rings. The highest BCUT2D eigenvalue weighted by molar-refractivity contribution is 5.36. The molecule has 0 radical (unpaired) electrons. The molecule has 3 aliphatic rings. The van der Waals surface area contributed by atoms with Crippen LogP contribution >= 0.6 is 0 Å². The molecule has 102 valence electrons. The molecular formula is C17H23NO. The summed E-state index contributed by atoms with van der Waals surface area (Å²) in [5.41, 5.74) is 2.53. The molecule has 1 heterocycles. The second kappa shape index (κ2) is 4.60. The van der Waals surface area contributed by atoms with Gasteiger partial charge >= 0.3 is 0 Å². The van der Waals surface area contributed by atoms with Gasteiger partial charge in [-0.15, -0.1) is 0 Å². The van der Waals surface area contributed by atoms with Crippen LogP contribution in [0.4, 0.5) is 0 Å². The van der Waals surface area contributed by atoms with Crippen molar-refractivity contribution in [3.63, 3.8) is 0 Å². The Hall–Kier alpha value is -0.860. The summed E-state index contributed by atoms with van der Waals surface area (Å²) in [6.07, 6.45) is 7.69. The molecule has 1 aliphatic heterocycles. The monoisotopic (exact) mass is 257 g/mol. The Labute approximate surface area is 115 Å². The molecule has 1 saturated heterocycles. The minimum Gasteiger partial charge on any atom is -0.387 e. The zero-order chi connectivity index (χ0) is 12.8. The fourth-order valence-corrected chi connectivity index (χ4v) is 4.71. The molecule has 2 heteroatoms. The zero-order valence-electron chi connectivity index (χ0n) is 11.5. The van der Waals surface area contributed by atoms with Crippen LogP contribution in [0.15, 0.2) is 24.3 Å². The lowest BCUT2D eigenvalue weighted by Gasteiger charge is -2.36. The van der Waals surface area contributed by atoms with Crippen molar-refractivity contribution in [2.24, 2.45) is 5.92 Å². The number of likely N-dealkylation sites (tertiary alicyclic amines) is 1. The van der Waals surface area contributed by atoms with Crippen molar-refractivity contribution < 1.29 is 5.11 Å². The van der Waals surface area contributed by atoms with Crippen LogP contribution in [0.1, 0.15) is 49.3 Å². The third kappa shape index (κ3) is 1.85. The van der Waals surface area contributed by atoms with Gasteiger partial charge in [-0.25, -0.2) is 0 Å². The maximum Gasteiger partial charge on any atom is 0.0951 e. The average molecular weight is 257 g/mol. The second-order valence-electron chi connectivity index (χ2n) is 6.55. The van der Waals surface area contributed by atoms with Crippen LogP contribution in [0.2, 0.25) is 0 Å². The number of aliphatic hydroxyl groups excluding tert-OH is 1. The van der Waals surface area contributed by atoms with Crippen molar-refractivity contribution in [1.29, 1.82) is 0 Å². The molecule has 0 amide bonds. The van der Waals surface area contributed by atoms with Crippen molar-refractivity contribution >= 4 is 0 Å². The molecule has 0 bridgehead atoms. The van der Waals surface area contributed by atoms with Gasteiger partial charge < -0.3 is 5.11 Å². The molecule has 2 aliphatic carbocycles. The number of hydrogen-bond acceptors (Lipinski definition) is 2. The smallest absolute Gasteiger partial charge is 0.0951 e. The van der Waals surface area contributed by atoms with E-state index < -0.39 is 0 Å². The zero-order valence-corrected chi connectivity index (χ0v) is 11.5. The van der Waals surface area contributed by atoms with Gasteiger partial charge in [-0.1, -0.05) is 37.1 Å². The first kappa shape index (κ1) is 11.9. The maximum absolute atomic E-state index is 10.7. The number of rotatable bonds is 1. The number of fused-ring (bicyclic) bond motifs is 2. The summed E-state index contributed by atoms with van der Waals surface area (Å²) >= 11 is 0. The van der Waals surface area contributed by atoms with Crippen molar-refractivity contribution in [1.82, 2.24) is 4.90 Å². The van der Waals surface area contributed by atoms with E-state index in [-0.39, 0.29) is 6.10 Å². The quantitative estimate of drug-likeness (QED) is 0.836. The Morgan fingerprint density at radius 2 is 1.84 bits per heavy atom. The molecule has 4 unspecified atom stereocenters. The Morgan fingerprint density at radius 1 is 1.00 bits per heavy atom. The van der Waals surface area contributed by atoms with Gasteiger partial charge in [0.25, 0.3) is 0 Å².